The Balaban J connectivity index is 2.08. The molecule has 1 aliphatic carbocycles. The molecule has 0 aliphatic heterocycles. The van der Waals surface area contributed by atoms with Crippen molar-refractivity contribution in [3.05, 3.63) is 23.8 Å². The number of benzene rings is 1. The number of phenolic OH excluding ortho intramolecular Hbond substituents is 2. The van der Waals surface area contributed by atoms with Gasteiger partial charge in [-0.1, -0.05) is 0 Å². The number of phenols is 2. The summed E-state index contributed by atoms with van der Waals surface area (Å²) in [6.45, 7) is 1.86. The van der Waals surface area contributed by atoms with Crippen LogP contribution in [0.4, 0.5) is 0 Å². The number of aromatic hydroxyl groups is 2. The van der Waals surface area contributed by atoms with Gasteiger partial charge in [0.25, 0.3) is 5.91 Å². The summed E-state index contributed by atoms with van der Waals surface area (Å²) in [5, 5.41) is 22.7. The first-order valence-corrected chi connectivity index (χ1v) is 5.44. The largest absolute Gasteiger partial charge is 0.508 e. The van der Waals surface area contributed by atoms with Crippen LogP contribution in [-0.4, -0.2) is 21.8 Å². The van der Waals surface area contributed by atoms with Crippen LogP contribution in [0, 0.1) is 5.92 Å². The highest BCUT2D eigenvalue weighted by Gasteiger charge is 2.24. The summed E-state index contributed by atoms with van der Waals surface area (Å²) in [5.41, 5.74) is 3.26. The number of amides is 1. The van der Waals surface area contributed by atoms with Crippen LogP contribution in [0.3, 0.4) is 0 Å². The summed E-state index contributed by atoms with van der Waals surface area (Å²) in [7, 11) is 0. The van der Waals surface area contributed by atoms with Gasteiger partial charge in [0.2, 0.25) is 0 Å². The molecule has 0 aromatic heterocycles. The highest BCUT2D eigenvalue weighted by Crippen LogP contribution is 2.30. The minimum Gasteiger partial charge on any atom is -0.508 e. The Morgan fingerprint density at radius 2 is 2.12 bits per heavy atom. The summed E-state index contributed by atoms with van der Waals surface area (Å²) in [4.78, 5) is 11.7. The van der Waals surface area contributed by atoms with E-state index < -0.39 is 5.91 Å². The predicted octanol–water partition coefficient (Wildman–Crippen LogP) is 1.61. The van der Waals surface area contributed by atoms with Crippen LogP contribution in [0.15, 0.2) is 23.3 Å². The van der Waals surface area contributed by atoms with Crippen molar-refractivity contribution in [1.82, 2.24) is 5.43 Å². The molecule has 0 bridgehead atoms. The molecule has 5 nitrogen and oxygen atoms in total. The van der Waals surface area contributed by atoms with Crippen LogP contribution in [0.25, 0.3) is 0 Å². The number of carbonyl (C=O) groups excluding carboxylic acids is 1. The molecule has 17 heavy (non-hydrogen) atoms. The van der Waals surface area contributed by atoms with Crippen LogP contribution in [0.2, 0.25) is 0 Å². The van der Waals surface area contributed by atoms with Crippen LogP contribution in [0.1, 0.15) is 30.1 Å². The van der Waals surface area contributed by atoms with Crippen molar-refractivity contribution in [3.8, 4) is 11.5 Å². The van der Waals surface area contributed by atoms with Gasteiger partial charge in [-0.3, -0.25) is 4.79 Å². The molecule has 1 amide bonds. The van der Waals surface area contributed by atoms with Gasteiger partial charge in [-0.05, 0) is 43.9 Å². The molecule has 1 aliphatic rings. The average Bonchev–Trinajstić information content (AvgIpc) is 3.12. The summed E-state index contributed by atoms with van der Waals surface area (Å²) >= 11 is 0. The number of rotatable bonds is 3. The fourth-order valence-corrected chi connectivity index (χ4v) is 1.50. The molecule has 5 heteroatoms. The Bertz CT molecular complexity index is 479. The van der Waals surface area contributed by atoms with E-state index >= 15 is 0 Å². The van der Waals surface area contributed by atoms with E-state index in [1.54, 1.807) is 0 Å². The van der Waals surface area contributed by atoms with E-state index in [0.29, 0.717) is 5.92 Å². The Labute approximate surface area is 98.8 Å². The molecular weight excluding hydrogens is 220 g/mol. The molecule has 0 unspecified atom stereocenters. The van der Waals surface area contributed by atoms with E-state index in [9.17, 15) is 15.0 Å². The van der Waals surface area contributed by atoms with Crippen molar-refractivity contribution >= 4 is 11.6 Å². The standard InChI is InChI=1S/C12H14N2O3/c1-7(8-2-3-8)13-14-12(17)10-6-9(15)4-5-11(10)16/h4-6,8,15-16H,2-3H2,1H3,(H,14,17)/b13-7-. The number of nitrogens with zero attached hydrogens (tertiary/aromatic N) is 1. The monoisotopic (exact) mass is 234 g/mol. The first-order chi connectivity index (χ1) is 8.08. The van der Waals surface area contributed by atoms with Gasteiger partial charge in [-0.25, -0.2) is 5.43 Å². The Morgan fingerprint density at radius 1 is 1.41 bits per heavy atom. The number of hydrogen-bond acceptors (Lipinski definition) is 4. The maximum atomic E-state index is 11.7. The number of nitrogens with one attached hydrogen (secondary N) is 1. The van der Waals surface area contributed by atoms with Gasteiger partial charge in [0.1, 0.15) is 11.5 Å². The first-order valence-electron chi connectivity index (χ1n) is 5.44. The third kappa shape index (κ3) is 2.75. The van der Waals surface area contributed by atoms with Gasteiger partial charge in [0.15, 0.2) is 0 Å². The topological polar surface area (TPSA) is 81.9 Å². The van der Waals surface area contributed by atoms with Crippen LogP contribution >= 0.6 is 0 Å². The summed E-state index contributed by atoms with van der Waals surface area (Å²) in [6.07, 6.45) is 2.23. The van der Waals surface area contributed by atoms with E-state index in [-0.39, 0.29) is 17.1 Å². The SMILES string of the molecule is C/C(=N/NC(=O)c1cc(O)ccc1O)C1CC1. The molecule has 1 fully saturated rings. The molecule has 0 spiro atoms. The molecule has 90 valence electrons. The fraction of sp³-hybridized carbons (Fsp3) is 0.333. The number of hydrogen-bond donors (Lipinski definition) is 3. The quantitative estimate of drug-likeness (QED) is 0.422. The zero-order valence-electron chi connectivity index (χ0n) is 9.47. The summed E-state index contributed by atoms with van der Waals surface area (Å²) in [5.74, 6) is -0.304. The van der Waals surface area contributed by atoms with Crippen molar-refractivity contribution < 1.29 is 15.0 Å². The molecule has 2 rings (SSSR count). The maximum Gasteiger partial charge on any atom is 0.275 e. The molecule has 3 N–H and O–H groups in total. The lowest BCUT2D eigenvalue weighted by molar-refractivity contribution is 0.0951. The predicted molar refractivity (Wildman–Crippen MR) is 63.1 cm³/mol. The van der Waals surface area contributed by atoms with Gasteiger partial charge in [0, 0.05) is 5.71 Å². The molecule has 0 radical (unpaired) electrons. The first kappa shape index (κ1) is 11.4. The van der Waals surface area contributed by atoms with E-state index in [2.05, 4.69) is 10.5 Å². The van der Waals surface area contributed by atoms with Gasteiger partial charge >= 0.3 is 0 Å². The van der Waals surface area contributed by atoms with Crippen molar-refractivity contribution in [3.63, 3.8) is 0 Å². The molecular formula is C12H14N2O3. The minimum absolute atomic E-state index is 0.0114. The molecule has 0 heterocycles. The normalized spacial score (nSPS) is 15.7. The Kier molecular flexibility index (Phi) is 2.99. The fourth-order valence-electron chi connectivity index (χ4n) is 1.50. The van der Waals surface area contributed by atoms with Crippen molar-refractivity contribution in [2.24, 2.45) is 11.0 Å². The van der Waals surface area contributed by atoms with Gasteiger partial charge in [0.05, 0.1) is 5.56 Å². The zero-order chi connectivity index (χ0) is 12.4. The maximum absolute atomic E-state index is 11.7. The molecule has 0 saturated heterocycles. The van der Waals surface area contributed by atoms with Crippen molar-refractivity contribution in [2.75, 3.05) is 0 Å². The van der Waals surface area contributed by atoms with E-state index in [4.69, 9.17) is 0 Å². The smallest absolute Gasteiger partial charge is 0.275 e. The van der Waals surface area contributed by atoms with E-state index in [1.165, 1.54) is 18.2 Å². The van der Waals surface area contributed by atoms with E-state index in [0.717, 1.165) is 18.6 Å². The van der Waals surface area contributed by atoms with E-state index in [1.807, 2.05) is 6.92 Å². The summed E-state index contributed by atoms with van der Waals surface area (Å²) in [6, 6.07) is 3.78. The van der Waals surface area contributed by atoms with Gasteiger partial charge in [-0.15, -0.1) is 0 Å². The molecule has 0 atom stereocenters. The Morgan fingerprint density at radius 3 is 2.76 bits per heavy atom. The lowest BCUT2D eigenvalue weighted by atomic mass is 10.2. The average molecular weight is 234 g/mol. The van der Waals surface area contributed by atoms with Crippen LogP contribution in [-0.2, 0) is 0 Å². The third-order valence-electron chi connectivity index (χ3n) is 2.73. The lowest BCUT2D eigenvalue weighted by Crippen LogP contribution is -2.19. The highest BCUT2D eigenvalue weighted by molar-refractivity contribution is 5.98. The second-order valence-electron chi connectivity index (χ2n) is 4.17. The highest BCUT2D eigenvalue weighted by atomic mass is 16.3. The lowest BCUT2D eigenvalue weighted by Gasteiger charge is -2.04. The number of hydrazone groups is 1. The zero-order valence-corrected chi connectivity index (χ0v) is 9.47. The third-order valence-corrected chi connectivity index (χ3v) is 2.73. The molecule has 1 saturated carbocycles. The minimum atomic E-state index is -0.529. The number of carbonyl (C=O) groups is 1. The van der Waals surface area contributed by atoms with Crippen molar-refractivity contribution in [2.45, 2.75) is 19.8 Å². The second kappa shape index (κ2) is 4.45. The molecule has 1 aromatic carbocycles. The second-order valence-corrected chi connectivity index (χ2v) is 4.17. The van der Waals surface area contributed by atoms with Gasteiger partial charge < -0.3 is 10.2 Å². The molecule has 1 aromatic rings. The Hall–Kier alpha value is -2.04. The van der Waals surface area contributed by atoms with Crippen LogP contribution in [0.5, 0.6) is 11.5 Å². The van der Waals surface area contributed by atoms with Crippen LogP contribution < -0.4 is 5.43 Å². The van der Waals surface area contributed by atoms with Gasteiger partial charge in [-0.2, -0.15) is 5.10 Å². The van der Waals surface area contributed by atoms with Crippen molar-refractivity contribution in [1.29, 1.82) is 0 Å². The summed E-state index contributed by atoms with van der Waals surface area (Å²) < 4.78 is 0.